The molecule has 0 radical (unpaired) electrons. The zero-order valence-corrected chi connectivity index (χ0v) is 17.3. The maximum atomic E-state index is 12.4. The number of hydrogen-bond donors (Lipinski definition) is 0. The topological polar surface area (TPSA) is 63.9 Å². The number of benzene rings is 1. The predicted octanol–water partition coefficient (Wildman–Crippen LogP) is 3.85. The number of carbonyl (C=O) groups excluding carboxylic acids is 1. The molecule has 0 saturated heterocycles. The summed E-state index contributed by atoms with van der Waals surface area (Å²) in [6.07, 6.45) is 4.47. The van der Waals surface area contributed by atoms with E-state index in [-0.39, 0.29) is 5.91 Å². The molecule has 0 spiro atoms. The molecule has 0 aliphatic carbocycles. The highest BCUT2D eigenvalue weighted by Gasteiger charge is 2.18. The summed E-state index contributed by atoms with van der Waals surface area (Å²) in [6, 6.07) is 12.2. The van der Waals surface area contributed by atoms with Gasteiger partial charge in [0, 0.05) is 36.7 Å². The molecular weight excluding hydrogens is 370 g/mol. The van der Waals surface area contributed by atoms with Crippen LogP contribution < -0.4 is 0 Å². The van der Waals surface area contributed by atoms with Gasteiger partial charge in [-0.2, -0.15) is 0 Å². The van der Waals surface area contributed by atoms with Gasteiger partial charge in [0.15, 0.2) is 11.0 Å². The van der Waals surface area contributed by atoms with E-state index in [4.69, 9.17) is 0 Å². The number of rotatable bonds is 8. The van der Waals surface area contributed by atoms with Gasteiger partial charge in [-0.15, -0.1) is 10.2 Å². The van der Waals surface area contributed by atoms with E-state index in [0.717, 1.165) is 23.5 Å². The van der Waals surface area contributed by atoms with E-state index < -0.39 is 0 Å². The number of thioether (sulfide) groups is 1. The van der Waals surface area contributed by atoms with Crippen LogP contribution in [0.1, 0.15) is 26.3 Å². The lowest BCUT2D eigenvalue weighted by molar-refractivity contribution is -0.127. The summed E-state index contributed by atoms with van der Waals surface area (Å²) in [6.45, 7) is 7.54. The second-order valence-corrected chi connectivity index (χ2v) is 7.19. The Morgan fingerprint density at radius 1 is 1.00 bits per heavy atom. The summed E-state index contributed by atoms with van der Waals surface area (Å²) < 4.78 is 2.01. The minimum atomic E-state index is 0.108. The molecule has 0 fully saturated rings. The first-order chi connectivity index (χ1) is 13.7. The third-order valence-corrected chi connectivity index (χ3v) is 5.53. The van der Waals surface area contributed by atoms with Crippen LogP contribution in [0.5, 0.6) is 0 Å². The van der Waals surface area contributed by atoms with Crippen LogP contribution >= 0.6 is 11.8 Å². The molecule has 0 N–H and O–H groups in total. The van der Waals surface area contributed by atoms with Crippen molar-refractivity contribution in [1.29, 1.82) is 0 Å². The lowest BCUT2D eigenvalue weighted by atomic mass is 10.1. The van der Waals surface area contributed by atoms with Crippen molar-refractivity contribution < 1.29 is 4.79 Å². The summed E-state index contributed by atoms with van der Waals surface area (Å²) in [5, 5.41) is 9.49. The molecule has 6 nitrogen and oxygen atoms in total. The molecule has 2 aromatic heterocycles. The molecule has 1 amide bonds. The van der Waals surface area contributed by atoms with Crippen LogP contribution in [0.3, 0.4) is 0 Å². The second-order valence-electron chi connectivity index (χ2n) is 6.25. The molecule has 0 aliphatic rings. The fourth-order valence-corrected chi connectivity index (χ4v) is 3.81. The molecule has 2 heterocycles. The number of nitrogens with zero attached hydrogens (tertiary/aromatic N) is 5. The first-order valence-electron chi connectivity index (χ1n) is 9.53. The van der Waals surface area contributed by atoms with E-state index in [9.17, 15) is 4.79 Å². The van der Waals surface area contributed by atoms with Crippen molar-refractivity contribution in [3.8, 4) is 17.1 Å². The molecule has 0 atom stereocenters. The van der Waals surface area contributed by atoms with Crippen molar-refractivity contribution in [1.82, 2.24) is 24.6 Å². The molecule has 146 valence electrons. The molecule has 0 saturated carbocycles. The minimum Gasteiger partial charge on any atom is -0.343 e. The van der Waals surface area contributed by atoms with Crippen LogP contribution in [-0.4, -0.2) is 49.4 Å². The number of amides is 1. The number of aromatic nitrogens is 4. The Hall–Kier alpha value is -2.67. The van der Waals surface area contributed by atoms with Crippen LogP contribution in [0.25, 0.3) is 17.1 Å². The van der Waals surface area contributed by atoms with Crippen LogP contribution in [0.4, 0.5) is 0 Å². The van der Waals surface area contributed by atoms with Gasteiger partial charge in [0.2, 0.25) is 5.91 Å². The summed E-state index contributed by atoms with van der Waals surface area (Å²) in [4.78, 5) is 18.3. The Morgan fingerprint density at radius 3 is 2.29 bits per heavy atom. The highest BCUT2D eigenvalue weighted by Crippen LogP contribution is 2.28. The van der Waals surface area contributed by atoms with Crippen LogP contribution in [0.15, 0.2) is 53.9 Å². The van der Waals surface area contributed by atoms with E-state index in [1.807, 2.05) is 35.4 Å². The minimum absolute atomic E-state index is 0.108. The van der Waals surface area contributed by atoms with E-state index in [2.05, 4.69) is 46.4 Å². The molecule has 0 aliphatic heterocycles. The molecule has 7 heteroatoms. The lowest BCUT2D eigenvalue weighted by Gasteiger charge is -2.18. The van der Waals surface area contributed by atoms with Gasteiger partial charge < -0.3 is 4.90 Å². The molecule has 3 rings (SSSR count). The van der Waals surface area contributed by atoms with Crippen molar-refractivity contribution in [2.75, 3.05) is 18.8 Å². The van der Waals surface area contributed by atoms with E-state index in [1.165, 1.54) is 17.3 Å². The SMILES string of the molecule is CCc1ccc(-n2c(SCC(=O)N(CC)CC)nnc2-c2ccncc2)cc1. The van der Waals surface area contributed by atoms with Gasteiger partial charge >= 0.3 is 0 Å². The highest BCUT2D eigenvalue weighted by atomic mass is 32.2. The van der Waals surface area contributed by atoms with Crippen molar-refractivity contribution in [3.63, 3.8) is 0 Å². The Morgan fingerprint density at radius 2 is 1.68 bits per heavy atom. The quantitative estimate of drug-likeness (QED) is 0.542. The van der Waals surface area contributed by atoms with E-state index in [0.29, 0.717) is 24.0 Å². The maximum Gasteiger partial charge on any atom is 0.233 e. The normalized spacial score (nSPS) is 10.8. The summed E-state index contributed by atoms with van der Waals surface area (Å²) >= 11 is 1.42. The highest BCUT2D eigenvalue weighted by molar-refractivity contribution is 7.99. The van der Waals surface area contributed by atoms with Gasteiger partial charge in [0.05, 0.1) is 5.75 Å². The molecule has 28 heavy (non-hydrogen) atoms. The van der Waals surface area contributed by atoms with Crippen LogP contribution in [-0.2, 0) is 11.2 Å². The summed E-state index contributed by atoms with van der Waals surface area (Å²) in [5.74, 6) is 1.18. The van der Waals surface area contributed by atoms with Gasteiger partial charge in [-0.25, -0.2) is 0 Å². The predicted molar refractivity (Wildman–Crippen MR) is 113 cm³/mol. The van der Waals surface area contributed by atoms with Crippen LogP contribution in [0, 0.1) is 0 Å². The van der Waals surface area contributed by atoms with E-state index >= 15 is 0 Å². The number of aryl methyl sites for hydroxylation is 1. The lowest BCUT2D eigenvalue weighted by Crippen LogP contribution is -2.31. The van der Waals surface area contributed by atoms with Crippen LogP contribution in [0.2, 0.25) is 0 Å². The van der Waals surface area contributed by atoms with Crippen molar-refractivity contribution >= 4 is 17.7 Å². The summed E-state index contributed by atoms with van der Waals surface area (Å²) in [5.41, 5.74) is 3.18. The Balaban J connectivity index is 1.96. The Kier molecular flexibility index (Phi) is 6.81. The molecule has 1 aromatic carbocycles. The number of carbonyl (C=O) groups is 1. The first-order valence-corrected chi connectivity index (χ1v) is 10.5. The fourth-order valence-electron chi connectivity index (χ4n) is 2.96. The number of pyridine rings is 1. The standard InChI is InChI=1S/C21H25N5OS/c1-4-16-7-9-18(10-8-16)26-20(17-11-13-22-14-12-17)23-24-21(26)28-15-19(27)25(5-2)6-3/h7-14H,4-6,15H2,1-3H3. The van der Waals surface area contributed by atoms with Gasteiger partial charge in [-0.05, 0) is 50.1 Å². The van der Waals surface area contributed by atoms with E-state index in [1.54, 1.807) is 12.4 Å². The second kappa shape index (κ2) is 9.50. The van der Waals surface area contributed by atoms with Gasteiger partial charge in [0.25, 0.3) is 0 Å². The zero-order chi connectivity index (χ0) is 19.9. The monoisotopic (exact) mass is 395 g/mol. The first kappa shape index (κ1) is 20.1. The Labute approximate surface area is 170 Å². The zero-order valence-electron chi connectivity index (χ0n) is 16.5. The fraction of sp³-hybridized carbons (Fsp3) is 0.333. The van der Waals surface area contributed by atoms with Gasteiger partial charge in [-0.1, -0.05) is 30.8 Å². The van der Waals surface area contributed by atoms with Crippen molar-refractivity contribution in [2.45, 2.75) is 32.3 Å². The third kappa shape index (κ3) is 4.42. The molecule has 0 bridgehead atoms. The average molecular weight is 396 g/mol. The van der Waals surface area contributed by atoms with Gasteiger partial charge in [-0.3, -0.25) is 14.3 Å². The molecule has 3 aromatic rings. The molecule has 0 unspecified atom stereocenters. The average Bonchev–Trinajstić information content (AvgIpc) is 3.17. The maximum absolute atomic E-state index is 12.4. The largest absolute Gasteiger partial charge is 0.343 e. The smallest absolute Gasteiger partial charge is 0.233 e. The third-order valence-electron chi connectivity index (χ3n) is 4.62. The Bertz CT molecular complexity index is 904. The number of hydrogen-bond acceptors (Lipinski definition) is 5. The van der Waals surface area contributed by atoms with Gasteiger partial charge in [0.1, 0.15) is 0 Å². The molecular formula is C21H25N5OS. The van der Waals surface area contributed by atoms with Crippen molar-refractivity contribution in [2.24, 2.45) is 0 Å². The summed E-state index contributed by atoms with van der Waals surface area (Å²) in [7, 11) is 0. The van der Waals surface area contributed by atoms with Crippen molar-refractivity contribution in [3.05, 3.63) is 54.4 Å².